The van der Waals surface area contributed by atoms with Gasteiger partial charge in [-0.25, -0.2) is 14.8 Å². The van der Waals surface area contributed by atoms with E-state index in [1.807, 2.05) is 0 Å². The summed E-state index contributed by atoms with van der Waals surface area (Å²) in [4.78, 5) is 70.9. The largest absolute Gasteiger partial charge is 0.445 e. The van der Waals surface area contributed by atoms with Crippen LogP contribution in [0.5, 0.6) is 0 Å². The third-order valence-corrected chi connectivity index (χ3v) is 5.94. The number of oxazole rings is 1. The van der Waals surface area contributed by atoms with Gasteiger partial charge in [0, 0.05) is 19.4 Å². The van der Waals surface area contributed by atoms with Gasteiger partial charge in [0.05, 0.1) is 11.1 Å². The van der Waals surface area contributed by atoms with Crippen LogP contribution in [0.4, 0.5) is 10.5 Å². The van der Waals surface area contributed by atoms with E-state index < -0.39 is 35.1 Å². The molecule has 39 heavy (non-hydrogen) atoms. The Hall–Kier alpha value is -4.55. The first-order valence-corrected chi connectivity index (χ1v) is 12.4. The van der Waals surface area contributed by atoms with E-state index in [0.29, 0.717) is 0 Å². The second-order valence-electron chi connectivity index (χ2n) is 10.1. The third-order valence-electron chi connectivity index (χ3n) is 5.94. The number of nitrogens with zero attached hydrogens (tertiary/aromatic N) is 3. The van der Waals surface area contributed by atoms with E-state index in [1.54, 1.807) is 52.8 Å². The van der Waals surface area contributed by atoms with Crippen molar-refractivity contribution in [3.8, 4) is 0 Å². The summed E-state index contributed by atoms with van der Waals surface area (Å²) < 4.78 is 12.0. The number of piperidine rings is 1. The Balaban J connectivity index is 1.52. The SMILES string of the molecule is Cc1oc(CCNC(=O)OC(C)(C)C)nc1C(=O)Nc1cccc2c(=O)n(C3CCC(=O)NC3=O)c(C)nc12. The number of para-hydroxylation sites is 1. The van der Waals surface area contributed by atoms with Crippen LogP contribution >= 0.6 is 0 Å². The van der Waals surface area contributed by atoms with Crippen LogP contribution in [0.25, 0.3) is 10.9 Å². The lowest BCUT2D eigenvalue weighted by atomic mass is 10.1. The first kappa shape index (κ1) is 27.5. The number of ether oxygens (including phenoxy) is 1. The molecule has 0 saturated carbocycles. The van der Waals surface area contributed by atoms with Crippen LogP contribution < -0.4 is 21.5 Å². The van der Waals surface area contributed by atoms with Crippen LogP contribution in [-0.4, -0.2) is 50.5 Å². The van der Waals surface area contributed by atoms with Crippen LogP contribution in [0, 0.1) is 13.8 Å². The average Bonchev–Trinajstić information content (AvgIpc) is 3.20. The summed E-state index contributed by atoms with van der Waals surface area (Å²) in [5.41, 5.74) is -0.501. The highest BCUT2D eigenvalue weighted by Crippen LogP contribution is 2.24. The van der Waals surface area contributed by atoms with Gasteiger partial charge in [-0.15, -0.1) is 0 Å². The van der Waals surface area contributed by atoms with Crippen LogP contribution in [-0.2, 0) is 20.7 Å². The Morgan fingerprint density at radius 3 is 2.62 bits per heavy atom. The molecule has 206 valence electrons. The van der Waals surface area contributed by atoms with E-state index >= 15 is 0 Å². The summed E-state index contributed by atoms with van der Waals surface area (Å²) >= 11 is 0. The molecule has 13 heteroatoms. The molecular formula is C26H30N6O7. The minimum atomic E-state index is -0.855. The van der Waals surface area contributed by atoms with E-state index in [-0.39, 0.29) is 71.5 Å². The Morgan fingerprint density at radius 2 is 1.92 bits per heavy atom. The molecule has 0 radical (unpaired) electrons. The summed E-state index contributed by atoms with van der Waals surface area (Å²) in [6.45, 7) is 8.66. The van der Waals surface area contributed by atoms with Gasteiger partial charge in [-0.1, -0.05) is 6.07 Å². The van der Waals surface area contributed by atoms with E-state index in [0.717, 1.165) is 0 Å². The van der Waals surface area contributed by atoms with Gasteiger partial charge in [0.1, 0.15) is 28.7 Å². The molecule has 1 aromatic carbocycles. The quantitative estimate of drug-likeness (QED) is 0.398. The first-order chi connectivity index (χ1) is 18.3. The molecule has 1 fully saturated rings. The maximum atomic E-state index is 13.3. The molecule has 1 atom stereocenters. The molecule has 0 bridgehead atoms. The molecule has 2 aromatic heterocycles. The number of anilines is 1. The molecule has 4 rings (SSSR count). The zero-order valence-electron chi connectivity index (χ0n) is 22.3. The molecule has 1 unspecified atom stereocenters. The van der Waals surface area contributed by atoms with Crippen LogP contribution in [0.15, 0.2) is 27.4 Å². The molecule has 3 N–H and O–H groups in total. The average molecular weight is 539 g/mol. The fraction of sp³-hybridized carbons (Fsp3) is 0.423. The second kappa shape index (κ2) is 10.7. The lowest BCUT2D eigenvalue weighted by Gasteiger charge is -2.24. The van der Waals surface area contributed by atoms with Crippen LogP contribution in [0.3, 0.4) is 0 Å². The molecule has 4 amide bonds. The third kappa shape index (κ3) is 6.13. The normalized spacial score (nSPS) is 15.7. The fourth-order valence-electron chi connectivity index (χ4n) is 4.26. The number of imide groups is 1. The summed E-state index contributed by atoms with van der Waals surface area (Å²) in [6, 6.07) is 3.89. The van der Waals surface area contributed by atoms with Crippen molar-refractivity contribution in [2.24, 2.45) is 0 Å². The summed E-state index contributed by atoms with van der Waals surface area (Å²) in [5, 5.41) is 7.80. The van der Waals surface area contributed by atoms with E-state index in [2.05, 4.69) is 25.9 Å². The maximum absolute atomic E-state index is 13.3. The van der Waals surface area contributed by atoms with Gasteiger partial charge in [-0.2, -0.15) is 0 Å². The number of benzene rings is 1. The predicted octanol–water partition coefficient (Wildman–Crippen LogP) is 2.30. The Morgan fingerprint density at radius 1 is 1.18 bits per heavy atom. The Labute approximate surface area is 223 Å². The number of rotatable bonds is 6. The monoisotopic (exact) mass is 538 g/mol. The second-order valence-corrected chi connectivity index (χ2v) is 10.1. The van der Waals surface area contributed by atoms with Gasteiger partial charge in [0.2, 0.25) is 11.8 Å². The molecule has 0 spiro atoms. The van der Waals surface area contributed by atoms with Crippen molar-refractivity contribution in [2.45, 2.75) is 65.5 Å². The standard InChI is InChI=1S/C26H30N6O7/c1-13-20(31-19(38-13)11-12-27-25(37)39-26(3,4)5)23(35)29-16-8-6-7-15-21(16)28-14(2)32(24(15)36)17-9-10-18(33)30-22(17)34/h6-8,17H,9-12H2,1-5H3,(H,27,37)(H,29,35)(H,30,33,34). The number of aromatic nitrogens is 3. The van der Waals surface area contributed by atoms with Gasteiger partial charge < -0.3 is 19.8 Å². The number of hydrogen-bond acceptors (Lipinski definition) is 9. The lowest BCUT2D eigenvalue weighted by Crippen LogP contribution is -2.45. The minimum absolute atomic E-state index is 0.0490. The molecule has 3 aromatic rings. The van der Waals surface area contributed by atoms with E-state index in [9.17, 15) is 24.0 Å². The molecule has 1 aliphatic rings. The summed E-state index contributed by atoms with van der Waals surface area (Å²) in [5.74, 6) is -0.700. The minimum Gasteiger partial charge on any atom is -0.445 e. The number of amides is 4. The highest BCUT2D eigenvalue weighted by Gasteiger charge is 2.31. The number of carbonyl (C=O) groups is 4. The number of aryl methyl sites for hydroxylation is 2. The summed E-state index contributed by atoms with van der Waals surface area (Å²) in [7, 11) is 0. The smallest absolute Gasteiger partial charge is 0.407 e. The van der Waals surface area contributed by atoms with E-state index in [1.165, 1.54) is 4.57 Å². The van der Waals surface area contributed by atoms with Crippen molar-refractivity contribution in [1.82, 2.24) is 25.2 Å². The van der Waals surface area contributed by atoms with Gasteiger partial charge in [-0.05, 0) is 53.2 Å². The fourth-order valence-corrected chi connectivity index (χ4v) is 4.26. The number of hydrogen-bond donors (Lipinski definition) is 3. The van der Waals surface area contributed by atoms with Crippen molar-refractivity contribution in [1.29, 1.82) is 0 Å². The molecule has 1 saturated heterocycles. The Bertz CT molecular complexity index is 1530. The maximum Gasteiger partial charge on any atom is 0.407 e. The molecular weight excluding hydrogens is 508 g/mol. The highest BCUT2D eigenvalue weighted by atomic mass is 16.6. The van der Waals surface area contributed by atoms with Gasteiger partial charge in [0.15, 0.2) is 11.6 Å². The number of fused-ring (bicyclic) bond motifs is 1. The number of nitrogens with one attached hydrogen (secondary N) is 3. The number of alkyl carbamates (subject to hydrolysis) is 1. The summed E-state index contributed by atoms with van der Waals surface area (Å²) in [6.07, 6.45) is -0.0237. The van der Waals surface area contributed by atoms with Crippen LogP contribution in [0.1, 0.15) is 67.6 Å². The zero-order valence-corrected chi connectivity index (χ0v) is 22.3. The molecule has 1 aliphatic heterocycles. The highest BCUT2D eigenvalue weighted by molar-refractivity contribution is 6.07. The Kier molecular flexibility index (Phi) is 7.52. The topological polar surface area (TPSA) is 175 Å². The van der Waals surface area contributed by atoms with Crippen molar-refractivity contribution >= 4 is 40.4 Å². The van der Waals surface area contributed by atoms with Crippen LogP contribution in [0.2, 0.25) is 0 Å². The first-order valence-electron chi connectivity index (χ1n) is 12.4. The number of carbonyl (C=O) groups excluding carboxylic acids is 4. The van der Waals surface area contributed by atoms with Gasteiger partial charge in [0.25, 0.3) is 11.5 Å². The van der Waals surface area contributed by atoms with Crippen molar-refractivity contribution in [2.75, 3.05) is 11.9 Å². The van der Waals surface area contributed by atoms with Crippen molar-refractivity contribution in [3.63, 3.8) is 0 Å². The van der Waals surface area contributed by atoms with Gasteiger partial charge in [-0.3, -0.25) is 29.1 Å². The predicted molar refractivity (Wildman–Crippen MR) is 139 cm³/mol. The van der Waals surface area contributed by atoms with Crippen molar-refractivity contribution in [3.05, 3.63) is 51.7 Å². The van der Waals surface area contributed by atoms with E-state index in [4.69, 9.17) is 9.15 Å². The lowest BCUT2D eigenvalue weighted by molar-refractivity contribution is -0.135. The molecule has 0 aliphatic carbocycles. The van der Waals surface area contributed by atoms with Crippen molar-refractivity contribution < 1.29 is 28.3 Å². The molecule has 3 heterocycles. The zero-order chi connectivity index (χ0) is 28.5. The molecule has 13 nitrogen and oxygen atoms in total. The van der Waals surface area contributed by atoms with Gasteiger partial charge >= 0.3 is 6.09 Å².